The van der Waals surface area contributed by atoms with Crippen molar-refractivity contribution in [2.45, 2.75) is 6.54 Å². The number of rotatable bonds is 3. The van der Waals surface area contributed by atoms with Crippen molar-refractivity contribution >= 4 is 49.1 Å². The molecule has 9 heteroatoms. The molecule has 0 fully saturated rings. The summed E-state index contributed by atoms with van der Waals surface area (Å²) in [7, 11) is 0. The van der Waals surface area contributed by atoms with E-state index in [1.165, 1.54) is 17.7 Å². The minimum absolute atomic E-state index is 0.00273. The first-order valence-corrected chi connectivity index (χ1v) is 8.67. The molecule has 0 saturated heterocycles. The Morgan fingerprint density at radius 3 is 2.16 bits per heavy atom. The van der Waals surface area contributed by atoms with Gasteiger partial charge in [0.25, 0.3) is 5.69 Å². The topological polar surface area (TPSA) is 113 Å². The summed E-state index contributed by atoms with van der Waals surface area (Å²) in [5.41, 5.74) is 12.9. The first-order valence-electron chi connectivity index (χ1n) is 7.08. The van der Waals surface area contributed by atoms with Gasteiger partial charge in [-0.3, -0.25) is 10.1 Å². The van der Waals surface area contributed by atoms with Gasteiger partial charge in [-0.1, -0.05) is 30.3 Å². The summed E-state index contributed by atoms with van der Waals surface area (Å²) in [5.74, 6) is 0.698. The maximum atomic E-state index is 10.3. The molecule has 1 heterocycles. The Labute approximate surface area is 161 Å². The van der Waals surface area contributed by atoms with Gasteiger partial charge in [-0.25, -0.2) is 4.68 Å². The molecule has 3 rings (SSSR count). The molecule has 0 aliphatic rings. The van der Waals surface area contributed by atoms with Crippen LogP contribution in [0, 0.1) is 10.1 Å². The van der Waals surface area contributed by atoms with Crippen LogP contribution < -0.4 is 11.5 Å². The summed E-state index contributed by atoms with van der Waals surface area (Å²) in [6.07, 6.45) is 1.71. The maximum absolute atomic E-state index is 10.3. The van der Waals surface area contributed by atoms with Crippen molar-refractivity contribution in [2.75, 3.05) is 11.5 Å². The average Bonchev–Trinajstić information content (AvgIpc) is 2.98. The number of nitrogen functional groups attached to an aromatic ring is 2. The molecular formula is C16H15Br2N5O2. The largest absolute Gasteiger partial charge is 0.397 e. The maximum Gasteiger partial charge on any atom is 0.271 e. The fourth-order valence-corrected chi connectivity index (χ4v) is 3.07. The summed E-state index contributed by atoms with van der Waals surface area (Å²) in [4.78, 5) is 9.86. The van der Waals surface area contributed by atoms with E-state index in [0.29, 0.717) is 20.5 Å². The van der Waals surface area contributed by atoms with Gasteiger partial charge in [-0.2, -0.15) is 5.10 Å². The Morgan fingerprint density at radius 1 is 1.08 bits per heavy atom. The van der Waals surface area contributed by atoms with Crippen molar-refractivity contribution in [3.8, 4) is 0 Å². The highest BCUT2D eigenvalue weighted by molar-refractivity contribution is 9.11. The average molecular weight is 469 g/mol. The van der Waals surface area contributed by atoms with Gasteiger partial charge in [-0.05, 0) is 43.5 Å². The van der Waals surface area contributed by atoms with Crippen LogP contribution in [-0.2, 0) is 6.54 Å². The molecule has 130 valence electrons. The lowest BCUT2D eigenvalue weighted by atomic mass is 10.2. The van der Waals surface area contributed by atoms with E-state index >= 15 is 0 Å². The normalized spacial score (nSPS) is 10.0. The SMILES string of the molecule is Nc1c(Br)cc([N+](=O)[O-])cc1Br.Nc1ccnn1Cc1ccccc1. The molecule has 1 aromatic heterocycles. The molecule has 7 nitrogen and oxygen atoms in total. The number of nitro benzene ring substituents is 1. The second-order valence-corrected chi connectivity index (χ2v) is 6.69. The van der Waals surface area contributed by atoms with Gasteiger partial charge >= 0.3 is 0 Å². The zero-order valence-electron chi connectivity index (χ0n) is 13.0. The van der Waals surface area contributed by atoms with Crippen molar-refractivity contribution in [1.29, 1.82) is 0 Å². The van der Waals surface area contributed by atoms with E-state index in [2.05, 4.69) is 49.1 Å². The van der Waals surface area contributed by atoms with Crippen LogP contribution in [0.25, 0.3) is 0 Å². The molecule has 0 bridgehead atoms. The van der Waals surface area contributed by atoms with Crippen LogP contribution in [0.4, 0.5) is 17.2 Å². The number of nitrogens with two attached hydrogens (primary N) is 2. The summed E-state index contributed by atoms with van der Waals surface area (Å²) < 4.78 is 2.81. The third kappa shape index (κ3) is 5.30. The molecule has 4 N–H and O–H groups in total. The van der Waals surface area contributed by atoms with Gasteiger partial charge in [0, 0.05) is 21.1 Å². The van der Waals surface area contributed by atoms with Gasteiger partial charge in [0.1, 0.15) is 5.82 Å². The van der Waals surface area contributed by atoms with E-state index in [-0.39, 0.29) is 5.69 Å². The molecule has 0 atom stereocenters. The van der Waals surface area contributed by atoms with Gasteiger partial charge in [0.2, 0.25) is 0 Å². The molecule has 0 spiro atoms. The highest BCUT2D eigenvalue weighted by Crippen LogP contribution is 2.32. The number of aromatic nitrogens is 2. The second-order valence-electron chi connectivity index (χ2n) is 4.98. The van der Waals surface area contributed by atoms with Crippen LogP contribution in [0.5, 0.6) is 0 Å². The van der Waals surface area contributed by atoms with E-state index in [1.54, 1.807) is 16.9 Å². The minimum atomic E-state index is -0.477. The molecule has 25 heavy (non-hydrogen) atoms. The third-order valence-corrected chi connectivity index (χ3v) is 4.51. The van der Waals surface area contributed by atoms with Crippen LogP contribution in [0.1, 0.15) is 5.56 Å². The molecule has 0 aliphatic heterocycles. The Balaban J connectivity index is 0.000000181. The standard InChI is InChI=1S/C10H11N3.C6H4Br2N2O2/c11-10-6-7-12-13(10)8-9-4-2-1-3-5-9;7-4-1-3(10(11)12)2-5(8)6(4)9/h1-7H,8,11H2;1-2H,9H2. The highest BCUT2D eigenvalue weighted by Gasteiger charge is 2.11. The first kappa shape index (κ1) is 18.9. The molecule has 0 amide bonds. The molecule has 0 radical (unpaired) electrons. The molecule has 0 aliphatic carbocycles. The monoisotopic (exact) mass is 467 g/mol. The zero-order chi connectivity index (χ0) is 18.4. The van der Waals surface area contributed by atoms with Crippen molar-refractivity contribution in [3.05, 3.63) is 79.4 Å². The number of non-ortho nitro benzene ring substituents is 1. The molecule has 3 aromatic rings. The number of nitro groups is 1. The van der Waals surface area contributed by atoms with Crippen molar-refractivity contribution in [3.63, 3.8) is 0 Å². The van der Waals surface area contributed by atoms with E-state index < -0.39 is 4.92 Å². The molecule has 0 saturated carbocycles. The number of hydrogen-bond acceptors (Lipinski definition) is 5. The van der Waals surface area contributed by atoms with Gasteiger partial charge in [0.15, 0.2) is 0 Å². The van der Waals surface area contributed by atoms with E-state index in [4.69, 9.17) is 11.5 Å². The number of benzene rings is 2. The lowest BCUT2D eigenvalue weighted by Crippen LogP contribution is -2.05. The molecule has 2 aromatic carbocycles. The minimum Gasteiger partial charge on any atom is -0.397 e. The summed E-state index contributed by atoms with van der Waals surface area (Å²) in [6.45, 7) is 0.736. The fourth-order valence-electron chi connectivity index (χ4n) is 1.91. The number of hydrogen-bond donors (Lipinski definition) is 2. The highest BCUT2D eigenvalue weighted by atomic mass is 79.9. The van der Waals surface area contributed by atoms with Crippen LogP contribution in [0.15, 0.2) is 63.7 Å². The fraction of sp³-hybridized carbons (Fsp3) is 0.0625. The van der Waals surface area contributed by atoms with Crippen LogP contribution in [0.2, 0.25) is 0 Å². The summed E-state index contributed by atoms with van der Waals surface area (Å²) in [6, 6.07) is 14.6. The molecular weight excluding hydrogens is 454 g/mol. The van der Waals surface area contributed by atoms with Crippen molar-refractivity contribution in [1.82, 2.24) is 9.78 Å². The lowest BCUT2D eigenvalue weighted by Gasteiger charge is -2.03. The predicted molar refractivity (Wildman–Crippen MR) is 105 cm³/mol. The quantitative estimate of drug-likeness (QED) is 0.339. The van der Waals surface area contributed by atoms with Gasteiger partial charge in [0.05, 0.1) is 23.4 Å². The van der Waals surface area contributed by atoms with E-state index in [1.807, 2.05) is 18.2 Å². The Hall–Kier alpha value is -2.39. The lowest BCUT2D eigenvalue weighted by molar-refractivity contribution is -0.385. The molecule has 0 unspecified atom stereocenters. The van der Waals surface area contributed by atoms with Crippen LogP contribution >= 0.6 is 31.9 Å². The Kier molecular flexibility index (Phi) is 6.54. The van der Waals surface area contributed by atoms with E-state index in [0.717, 1.165) is 6.54 Å². The number of nitrogens with zero attached hydrogens (tertiary/aromatic N) is 3. The first-order chi connectivity index (χ1) is 11.9. The second kappa shape index (κ2) is 8.63. The predicted octanol–water partition coefficient (Wildman–Crippen LogP) is 4.22. The zero-order valence-corrected chi connectivity index (χ0v) is 16.1. The number of halogens is 2. The van der Waals surface area contributed by atoms with Gasteiger partial charge < -0.3 is 11.5 Å². The number of anilines is 2. The van der Waals surface area contributed by atoms with Crippen molar-refractivity contribution in [2.24, 2.45) is 0 Å². The van der Waals surface area contributed by atoms with E-state index in [9.17, 15) is 10.1 Å². The summed E-state index contributed by atoms with van der Waals surface area (Å²) in [5, 5.41) is 14.4. The van der Waals surface area contributed by atoms with Crippen LogP contribution in [0.3, 0.4) is 0 Å². The smallest absolute Gasteiger partial charge is 0.271 e. The Bertz CT molecular complexity index is 845. The Morgan fingerprint density at radius 2 is 1.68 bits per heavy atom. The summed E-state index contributed by atoms with van der Waals surface area (Å²) >= 11 is 6.21. The van der Waals surface area contributed by atoms with Crippen LogP contribution in [-0.4, -0.2) is 14.7 Å². The van der Waals surface area contributed by atoms with Gasteiger partial charge in [-0.15, -0.1) is 0 Å². The van der Waals surface area contributed by atoms with Crippen molar-refractivity contribution < 1.29 is 4.92 Å². The third-order valence-electron chi connectivity index (χ3n) is 3.20.